The van der Waals surface area contributed by atoms with Gasteiger partial charge < -0.3 is 10.2 Å². The molecule has 152 valence electrons. The summed E-state index contributed by atoms with van der Waals surface area (Å²) in [5.74, 6) is -0.945. The maximum atomic E-state index is 12.2. The molecule has 0 radical (unpaired) electrons. The number of hydrogen-bond acceptors (Lipinski definition) is 4. The molecule has 1 saturated heterocycles. The number of benzene rings is 2. The number of halogens is 1. The van der Waals surface area contributed by atoms with Crippen molar-refractivity contribution in [2.75, 3.05) is 13.1 Å². The van der Waals surface area contributed by atoms with E-state index in [9.17, 15) is 15.0 Å². The van der Waals surface area contributed by atoms with Crippen molar-refractivity contribution >= 4 is 28.5 Å². The topological polar surface area (TPSA) is 78.6 Å². The highest BCUT2D eigenvalue weighted by molar-refractivity contribution is 6.35. The van der Waals surface area contributed by atoms with Crippen molar-refractivity contribution in [3.63, 3.8) is 0 Å². The predicted molar refractivity (Wildman–Crippen MR) is 112 cm³/mol. The Morgan fingerprint density at radius 3 is 2.69 bits per heavy atom. The summed E-state index contributed by atoms with van der Waals surface area (Å²) < 4.78 is 1.80. The van der Waals surface area contributed by atoms with Crippen molar-refractivity contribution in [1.29, 1.82) is 0 Å². The highest BCUT2D eigenvalue weighted by Crippen LogP contribution is 2.37. The summed E-state index contributed by atoms with van der Waals surface area (Å²) in [5.41, 5.74) is 1.53. The molecule has 0 bridgehead atoms. The Labute approximate surface area is 174 Å². The van der Waals surface area contributed by atoms with Crippen molar-refractivity contribution in [3.8, 4) is 0 Å². The Morgan fingerprint density at radius 2 is 2.00 bits per heavy atom. The third-order valence-electron chi connectivity index (χ3n) is 6.00. The number of aliphatic hydroxyl groups is 1. The molecular weight excluding hydrogens is 390 g/mol. The van der Waals surface area contributed by atoms with Crippen molar-refractivity contribution in [2.45, 2.75) is 25.5 Å². The Morgan fingerprint density at radius 1 is 1.24 bits per heavy atom. The highest BCUT2D eigenvalue weighted by atomic mass is 35.5. The third kappa shape index (κ3) is 3.64. The molecule has 1 aromatic heterocycles. The molecule has 0 aliphatic carbocycles. The summed E-state index contributed by atoms with van der Waals surface area (Å²) in [6, 6.07) is 15.2. The summed E-state index contributed by atoms with van der Waals surface area (Å²) in [7, 11) is 1.88. The zero-order chi connectivity index (χ0) is 20.6. The second kappa shape index (κ2) is 7.78. The standard InChI is InChI=1S/C22H24ClN3O3/c1-25-18-9-5-8-16(23)20(18)17(24-25)13-26-11-10-22(21(28)29,19(27)14-26)12-15-6-3-2-4-7-15/h2-9,19,27H,10-14H2,1H3,(H,28,29)/t19-,22-/m1/s1. The number of piperidine rings is 1. The summed E-state index contributed by atoms with van der Waals surface area (Å²) in [4.78, 5) is 14.2. The van der Waals surface area contributed by atoms with Gasteiger partial charge in [-0.25, -0.2) is 0 Å². The van der Waals surface area contributed by atoms with Crippen LogP contribution in [0.1, 0.15) is 17.7 Å². The number of aliphatic hydroxyl groups excluding tert-OH is 1. The molecule has 4 rings (SSSR count). The van der Waals surface area contributed by atoms with Gasteiger partial charge in [0, 0.05) is 25.5 Å². The van der Waals surface area contributed by atoms with E-state index in [1.165, 1.54) is 0 Å². The molecule has 0 unspecified atom stereocenters. The summed E-state index contributed by atoms with van der Waals surface area (Å²) in [6.45, 7) is 1.36. The van der Waals surface area contributed by atoms with E-state index >= 15 is 0 Å². The van der Waals surface area contributed by atoms with E-state index < -0.39 is 17.5 Å². The van der Waals surface area contributed by atoms with Crippen LogP contribution in [0, 0.1) is 5.41 Å². The van der Waals surface area contributed by atoms with Gasteiger partial charge in [0.05, 0.1) is 22.3 Å². The van der Waals surface area contributed by atoms with Crippen LogP contribution in [-0.4, -0.2) is 50.1 Å². The van der Waals surface area contributed by atoms with Gasteiger partial charge in [-0.3, -0.25) is 14.4 Å². The second-order valence-electron chi connectivity index (χ2n) is 7.83. The number of likely N-dealkylation sites (tertiary alicyclic amines) is 1. The lowest BCUT2D eigenvalue weighted by atomic mass is 9.71. The molecule has 0 saturated carbocycles. The fourth-order valence-corrected chi connectivity index (χ4v) is 4.62. The molecule has 1 aliphatic rings. The maximum absolute atomic E-state index is 12.2. The van der Waals surface area contributed by atoms with Gasteiger partial charge >= 0.3 is 5.97 Å². The third-order valence-corrected chi connectivity index (χ3v) is 6.32. The number of aryl methyl sites for hydroxylation is 1. The lowest BCUT2D eigenvalue weighted by Gasteiger charge is -2.42. The number of β-amino-alcohol motifs (C(OH)–C–C–N with tert-alkyl or cyclic N) is 1. The average Bonchev–Trinajstić information content (AvgIpc) is 3.01. The number of rotatable bonds is 5. The van der Waals surface area contributed by atoms with Crippen LogP contribution in [0.2, 0.25) is 5.02 Å². The van der Waals surface area contributed by atoms with E-state index in [1.807, 2.05) is 55.6 Å². The van der Waals surface area contributed by atoms with Crippen LogP contribution in [0.25, 0.3) is 10.9 Å². The SMILES string of the molecule is Cn1nc(CN2CC[C@](Cc3ccccc3)(C(=O)O)[C@H](O)C2)c2c(Cl)cccc21. The van der Waals surface area contributed by atoms with Gasteiger partial charge in [0.2, 0.25) is 0 Å². The van der Waals surface area contributed by atoms with E-state index in [0.29, 0.717) is 31.0 Å². The predicted octanol–water partition coefficient (Wildman–Crippen LogP) is 3.11. The van der Waals surface area contributed by atoms with Gasteiger partial charge in [0.25, 0.3) is 0 Å². The van der Waals surface area contributed by atoms with Gasteiger partial charge in [-0.2, -0.15) is 5.10 Å². The molecule has 2 aromatic carbocycles. The second-order valence-corrected chi connectivity index (χ2v) is 8.24. The Hall–Kier alpha value is -2.41. The number of carboxylic acids is 1. The molecule has 0 spiro atoms. The minimum atomic E-state index is -1.18. The molecule has 1 aliphatic heterocycles. The van der Waals surface area contributed by atoms with Crippen LogP contribution in [0.4, 0.5) is 0 Å². The van der Waals surface area contributed by atoms with Crippen LogP contribution < -0.4 is 0 Å². The van der Waals surface area contributed by atoms with Crippen molar-refractivity contribution in [1.82, 2.24) is 14.7 Å². The summed E-state index contributed by atoms with van der Waals surface area (Å²) in [5, 5.41) is 27.0. The first-order valence-electron chi connectivity index (χ1n) is 9.68. The van der Waals surface area contributed by atoms with Crippen LogP contribution >= 0.6 is 11.6 Å². The van der Waals surface area contributed by atoms with E-state index in [0.717, 1.165) is 22.2 Å². The largest absolute Gasteiger partial charge is 0.481 e. The fourth-order valence-electron chi connectivity index (χ4n) is 4.35. The number of aliphatic carboxylic acids is 1. The van der Waals surface area contributed by atoms with Crippen LogP contribution in [0.5, 0.6) is 0 Å². The molecule has 1 fully saturated rings. The highest BCUT2D eigenvalue weighted by Gasteiger charge is 2.48. The molecule has 2 atom stereocenters. The molecule has 29 heavy (non-hydrogen) atoms. The molecular formula is C22H24ClN3O3. The Bertz CT molecular complexity index is 1040. The minimum Gasteiger partial charge on any atom is -0.481 e. The monoisotopic (exact) mass is 413 g/mol. The lowest BCUT2D eigenvalue weighted by molar-refractivity contribution is -0.163. The van der Waals surface area contributed by atoms with Crippen molar-refractivity contribution in [2.24, 2.45) is 12.5 Å². The Balaban J connectivity index is 1.55. The molecule has 2 N–H and O–H groups in total. The van der Waals surface area contributed by atoms with Gasteiger partial charge in [0.15, 0.2) is 0 Å². The number of nitrogens with zero attached hydrogens (tertiary/aromatic N) is 3. The fraction of sp³-hybridized carbons (Fsp3) is 0.364. The normalized spacial score (nSPS) is 22.8. The quantitative estimate of drug-likeness (QED) is 0.672. The summed E-state index contributed by atoms with van der Waals surface area (Å²) in [6.07, 6.45) is -0.285. The first-order valence-corrected chi connectivity index (χ1v) is 10.1. The summed E-state index contributed by atoms with van der Waals surface area (Å²) >= 11 is 6.40. The van der Waals surface area contributed by atoms with Gasteiger partial charge in [-0.1, -0.05) is 48.0 Å². The molecule has 0 amide bonds. The minimum absolute atomic E-state index is 0.279. The van der Waals surface area contributed by atoms with Crippen LogP contribution in [-0.2, 0) is 24.8 Å². The number of hydrogen-bond donors (Lipinski definition) is 2. The van der Waals surface area contributed by atoms with E-state index in [1.54, 1.807) is 4.68 Å². The van der Waals surface area contributed by atoms with Crippen molar-refractivity contribution in [3.05, 3.63) is 64.8 Å². The Kier molecular flexibility index (Phi) is 5.34. The van der Waals surface area contributed by atoms with Crippen molar-refractivity contribution < 1.29 is 15.0 Å². The number of carboxylic acid groups (broad SMARTS) is 1. The van der Waals surface area contributed by atoms with E-state index in [-0.39, 0.29) is 6.54 Å². The molecule has 2 heterocycles. The maximum Gasteiger partial charge on any atom is 0.312 e. The smallest absolute Gasteiger partial charge is 0.312 e. The van der Waals surface area contributed by atoms with Gasteiger partial charge in [0.1, 0.15) is 5.41 Å². The molecule has 7 heteroatoms. The number of fused-ring (bicyclic) bond motifs is 1. The first-order chi connectivity index (χ1) is 13.9. The van der Waals surface area contributed by atoms with E-state index in [4.69, 9.17) is 11.6 Å². The zero-order valence-electron chi connectivity index (χ0n) is 16.3. The first kappa shape index (κ1) is 19.9. The van der Waals surface area contributed by atoms with Crippen LogP contribution in [0.3, 0.4) is 0 Å². The van der Waals surface area contributed by atoms with Gasteiger partial charge in [-0.15, -0.1) is 0 Å². The molecule has 6 nitrogen and oxygen atoms in total. The lowest BCUT2D eigenvalue weighted by Crippen LogP contribution is -2.55. The average molecular weight is 414 g/mol. The number of carbonyl (C=O) groups is 1. The van der Waals surface area contributed by atoms with Gasteiger partial charge in [-0.05, 0) is 37.1 Å². The number of aromatic nitrogens is 2. The zero-order valence-corrected chi connectivity index (χ0v) is 17.0. The molecule has 3 aromatic rings. The van der Waals surface area contributed by atoms with E-state index in [2.05, 4.69) is 10.00 Å². The van der Waals surface area contributed by atoms with Crippen LogP contribution in [0.15, 0.2) is 48.5 Å².